The molecule has 21 heavy (non-hydrogen) atoms. The van der Waals surface area contributed by atoms with E-state index >= 15 is 0 Å². The van der Waals surface area contributed by atoms with Gasteiger partial charge in [-0.3, -0.25) is 4.79 Å². The van der Waals surface area contributed by atoms with E-state index in [4.69, 9.17) is 4.74 Å². The molecule has 2 aliphatic heterocycles. The Morgan fingerprint density at radius 1 is 1.48 bits per heavy atom. The Morgan fingerprint density at radius 2 is 2.33 bits per heavy atom. The summed E-state index contributed by atoms with van der Waals surface area (Å²) >= 11 is 0. The Balaban J connectivity index is 1.85. The summed E-state index contributed by atoms with van der Waals surface area (Å²) in [5.41, 5.74) is 3.50. The normalized spacial score (nSPS) is 22.7. The summed E-state index contributed by atoms with van der Waals surface area (Å²) in [6, 6.07) is 6.80. The summed E-state index contributed by atoms with van der Waals surface area (Å²) < 4.78 is 5.56. The van der Waals surface area contributed by atoms with Gasteiger partial charge in [0.25, 0.3) is 0 Å². The SMILES string of the molecule is CCCNC(c1ccc2c(c1)CC(=O)N2C)C1CCOC1. The van der Waals surface area contributed by atoms with E-state index in [1.54, 1.807) is 4.90 Å². The molecule has 0 spiro atoms. The molecule has 0 radical (unpaired) electrons. The van der Waals surface area contributed by atoms with Crippen molar-refractivity contribution < 1.29 is 9.53 Å². The first-order valence-corrected chi connectivity index (χ1v) is 7.91. The smallest absolute Gasteiger partial charge is 0.231 e. The Morgan fingerprint density at radius 3 is 3.05 bits per heavy atom. The third-order valence-corrected chi connectivity index (χ3v) is 4.59. The monoisotopic (exact) mass is 288 g/mol. The Kier molecular flexibility index (Phi) is 4.27. The number of hydrogen-bond donors (Lipinski definition) is 1. The molecule has 4 nitrogen and oxygen atoms in total. The van der Waals surface area contributed by atoms with Gasteiger partial charge >= 0.3 is 0 Å². The number of nitrogens with one attached hydrogen (secondary N) is 1. The van der Waals surface area contributed by atoms with Crippen molar-refractivity contribution in [3.05, 3.63) is 29.3 Å². The van der Waals surface area contributed by atoms with E-state index in [1.807, 2.05) is 7.05 Å². The molecule has 1 aromatic rings. The fraction of sp³-hybridized carbons (Fsp3) is 0.588. The van der Waals surface area contributed by atoms with Gasteiger partial charge in [-0.05, 0) is 36.6 Å². The molecule has 2 atom stereocenters. The summed E-state index contributed by atoms with van der Waals surface area (Å²) in [6.45, 7) is 4.89. The molecule has 0 bridgehead atoms. The predicted octanol–water partition coefficient (Wildman–Crippen LogP) is 2.28. The van der Waals surface area contributed by atoms with Crippen LogP contribution in [0.2, 0.25) is 0 Å². The lowest BCUT2D eigenvalue weighted by molar-refractivity contribution is -0.117. The van der Waals surface area contributed by atoms with Gasteiger partial charge in [-0.15, -0.1) is 0 Å². The number of hydrogen-bond acceptors (Lipinski definition) is 3. The van der Waals surface area contributed by atoms with Gasteiger partial charge in [0.1, 0.15) is 0 Å². The van der Waals surface area contributed by atoms with Gasteiger partial charge in [0.2, 0.25) is 5.91 Å². The molecule has 0 saturated carbocycles. The number of anilines is 1. The van der Waals surface area contributed by atoms with Gasteiger partial charge in [-0.2, -0.15) is 0 Å². The van der Waals surface area contributed by atoms with E-state index in [9.17, 15) is 4.79 Å². The zero-order valence-corrected chi connectivity index (χ0v) is 12.9. The summed E-state index contributed by atoms with van der Waals surface area (Å²) in [5, 5.41) is 3.66. The number of carbonyl (C=O) groups excluding carboxylic acids is 1. The summed E-state index contributed by atoms with van der Waals surface area (Å²) in [4.78, 5) is 13.6. The minimum atomic E-state index is 0.185. The molecule has 1 aromatic carbocycles. The van der Waals surface area contributed by atoms with Crippen LogP contribution in [-0.4, -0.2) is 32.7 Å². The lowest BCUT2D eigenvalue weighted by atomic mass is 9.91. The number of rotatable bonds is 5. The second-order valence-corrected chi connectivity index (χ2v) is 6.07. The molecule has 3 rings (SSSR count). The van der Waals surface area contributed by atoms with Crippen LogP contribution in [0.15, 0.2) is 18.2 Å². The minimum absolute atomic E-state index is 0.185. The third-order valence-electron chi connectivity index (χ3n) is 4.59. The lowest BCUT2D eigenvalue weighted by Crippen LogP contribution is -2.29. The van der Waals surface area contributed by atoms with E-state index in [-0.39, 0.29) is 5.91 Å². The quantitative estimate of drug-likeness (QED) is 0.904. The van der Waals surface area contributed by atoms with Crippen LogP contribution in [0, 0.1) is 5.92 Å². The van der Waals surface area contributed by atoms with Crippen LogP contribution in [0.25, 0.3) is 0 Å². The average Bonchev–Trinajstić information content (AvgIpc) is 3.09. The number of benzene rings is 1. The fourth-order valence-electron chi connectivity index (χ4n) is 3.36. The molecule has 2 unspecified atom stereocenters. The minimum Gasteiger partial charge on any atom is -0.381 e. The van der Waals surface area contributed by atoms with Crippen molar-refractivity contribution in [1.82, 2.24) is 5.32 Å². The number of fused-ring (bicyclic) bond motifs is 1. The van der Waals surface area contributed by atoms with Crippen molar-refractivity contribution in [3.63, 3.8) is 0 Å². The van der Waals surface area contributed by atoms with Gasteiger partial charge in [-0.1, -0.05) is 19.1 Å². The second-order valence-electron chi connectivity index (χ2n) is 6.07. The van der Waals surface area contributed by atoms with Gasteiger partial charge in [0, 0.05) is 31.3 Å². The van der Waals surface area contributed by atoms with Crippen LogP contribution in [0.5, 0.6) is 0 Å². The maximum Gasteiger partial charge on any atom is 0.231 e. The topological polar surface area (TPSA) is 41.6 Å². The Bertz CT molecular complexity index is 524. The second kappa shape index (κ2) is 6.16. The first-order chi connectivity index (χ1) is 10.2. The molecule has 2 aliphatic rings. The number of likely N-dealkylation sites (N-methyl/N-ethyl adjacent to an activating group) is 1. The van der Waals surface area contributed by atoms with E-state index in [1.165, 1.54) is 5.56 Å². The van der Waals surface area contributed by atoms with Gasteiger partial charge < -0.3 is 15.0 Å². The number of nitrogens with zero attached hydrogens (tertiary/aromatic N) is 1. The molecule has 1 N–H and O–H groups in total. The van der Waals surface area contributed by atoms with Gasteiger partial charge in [-0.25, -0.2) is 0 Å². The van der Waals surface area contributed by atoms with E-state index in [0.717, 1.165) is 43.9 Å². The van der Waals surface area contributed by atoms with Crippen molar-refractivity contribution >= 4 is 11.6 Å². The zero-order chi connectivity index (χ0) is 14.8. The fourth-order valence-corrected chi connectivity index (χ4v) is 3.36. The average molecular weight is 288 g/mol. The first kappa shape index (κ1) is 14.5. The molecule has 114 valence electrons. The largest absolute Gasteiger partial charge is 0.381 e. The molecule has 0 aliphatic carbocycles. The van der Waals surface area contributed by atoms with Crippen LogP contribution in [-0.2, 0) is 16.0 Å². The van der Waals surface area contributed by atoms with Gasteiger partial charge in [0.15, 0.2) is 0 Å². The number of carbonyl (C=O) groups is 1. The molecule has 1 saturated heterocycles. The highest BCUT2D eigenvalue weighted by Gasteiger charge is 2.29. The van der Waals surface area contributed by atoms with Crippen LogP contribution >= 0.6 is 0 Å². The summed E-state index contributed by atoms with van der Waals surface area (Å²) in [5.74, 6) is 0.717. The van der Waals surface area contributed by atoms with E-state index < -0.39 is 0 Å². The highest BCUT2D eigenvalue weighted by atomic mass is 16.5. The Labute approximate surface area is 126 Å². The molecule has 2 heterocycles. The summed E-state index contributed by atoms with van der Waals surface area (Å²) in [7, 11) is 1.85. The zero-order valence-electron chi connectivity index (χ0n) is 12.9. The van der Waals surface area contributed by atoms with Crippen molar-refractivity contribution in [3.8, 4) is 0 Å². The van der Waals surface area contributed by atoms with E-state index in [0.29, 0.717) is 18.4 Å². The molecule has 1 fully saturated rings. The van der Waals surface area contributed by atoms with Crippen LogP contribution in [0.3, 0.4) is 0 Å². The summed E-state index contributed by atoms with van der Waals surface area (Å²) in [6.07, 6.45) is 2.76. The molecular weight excluding hydrogens is 264 g/mol. The van der Waals surface area contributed by atoms with E-state index in [2.05, 4.69) is 30.4 Å². The van der Waals surface area contributed by atoms with Crippen LogP contribution in [0.4, 0.5) is 5.69 Å². The standard InChI is InChI=1S/C17H24N2O2/c1-3-7-18-17(13-6-8-21-11-13)12-4-5-15-14(9-12)10-16(20)19(15)2/h4-5,9,13,17-18H,3,6-8,10-11H2,1-2H3. The highest BCUT2D eigenvalue weighted by molar-refractivity contribution is 6.00. The van der Waals surface area contributed by atoms with Crippen molar-refractivity contribution in [2.45, 2.75) is 32.2 Å². The maximum atomic E-state index is 11.8. The van der Waals surface area contributed by atoms with Crippen LogP contribution in [0.1, 0.15) is 36.9 Å². The Hall–Kier alpha value is -1.39. The molecule has 0 aromatic heterocycles. The van der Waals surface area contributed by atoms with Crippen molar-refractivity contribution in [1.29, 1.82) is 0 Å². The third kappa shape index (κ3) is 2.83. The molecule has 4 heteroatoms. The van der Waals surface area contributed by atoms with Crippen molar-refractivity contribution in [2.75, 3.05) is 31.7 Å². The number of ether oxygens (including phenoxy) is 1. The van der Waals surface area contributed by atoms with Crippen LogP contribution < -0.4 is 10.2 Å². The lowest BCUT2D eigenvalue weighted by Gasteiger charge is -2.25. The number of amides is 1. The molecular formula is C17H24N2O2. The van der Waals surface area contributed by atoms with Crippen molar-refractivity contribution in [2.24, 2.45) is 5.92 Å². The first-order valence-electron chi connectivity index (χ1n) is 7.91. The molecule has 1 amide bonds. The predicted molar refractivity (Wildman–Crippen MR) is 83.5 cm³/mol. The maximum absolute atomic E-state index is 11.8. The van der Waals surface area contributed by atoms with Gasteiger partial charge in [0.05, 0.1) is 13.0 Å². The highest BCUT2D eigenvalue weighted by Crippen LogP contribution is 2.34.